The zero-order valence-electron chi connectivity index (χ0n) is 14.9. The zero-order valence-corrected chi connectivity index (χ0v) is 15.8. The first-order chi connectivity index (χ1) is 14.0. The van der Waals surface area contributed by atoms with E-state index in [9.17, 15) is 14.9 Å². The fourth-order valence-corrected chi connectivity index (χ4v) is 3.84. The Morgan fingerprint density at radius 3 is 2.69 bits per heavy atom. The van der Waals surface area contributed by atoms with Gasteiger partial charge in [0, 0.05) is 28.3 Å². The molecule has 0 aliphatic rings. The summed E-state index contributed by atoms with van der Waals surface area (Å²) in [4.78, 5) is 31.4. The molecule has 0 saturated carbocycles. The van der Waals surface area contributed by atoms with Gasteiger partial charge in [0.25, 0.3) is 5.69 Å². The van der Waals surface area contributed by atoms with Gasteiger partial charge in [0.2, 0.25) is 5.91 Å². The van der Waals surface area contributed by atoms with E-state index in [-0.39, 0.29) is 17.0 Å². The zero-order chi connectivity index (χ0) is 20.4. The Morgan fingerprint density at radius 2 is 1.97 bits per heavy atom. The quantitative estimate of drug-likeness (QED) is 0.220. The number of nitro groups is 1. The van der Waals surface area contributed by atoms with Crippen LogP contribution in [0.5, 0.6) is 0 Å². The molecule has 0 radical (unpaired) electrons. The SMILES string of the molecule is NC(=O)c1ccc(CSc2nc(-c3ccco3)nc3ccccc23)c([N+](=O)[O-])c1. The molecule has 2 aromatic carbocycles. The molecular weight excluding hydrogens is 392 g/mol. The molecule has 9 heteroatoms. The maximum atomic E-state index is 11.4. The summed E-state index contributed by atoms with van der Waals surface area (Å²) in [5.41, 5.74) is 6.38. The van der Waals surface area contributed by atoms with Gasteiger partial charge in [-0.05, 0) is 24.3 Å². The molecule has 8 nitrogen and oxygen atoms in total. The molecule has 2 heterocycles. The molecule has 0 bridgehead atoms. The van der Waals surface area contributed by atoms with Crippen LogP contribution < -0.4 is 5.73 Å². The number of benzene rings is 2. The van der Waals surface area contributed by atoms with E-state index in [1.54, 1.807) is 24.5 Å². The van der Waals surface area contributed by atoms with Crippen LogP contribution in [0.3, 0.4) is 0 Å². The van der Waals surface area contributed by atoms with Crippen LogP contribution in [0.4, 0.5) is 5.69 Å². The number of carbonyl (C=O) groups excluding carboxylic acids is 1. The maximum Gasteiger partial charge on any atom is 0.274 e. The highest BCUT2D eigenvalue weighted by Crippen LogP contribution is 2.33. The third-order valence-corrected chi connectivity index (χ3v) is 5.28. The molecular formula is C20H14N4O4S. The smallest absolute Gasteiger partial charge is 0.274 e. The lowest BCUT2D eigenvalue weighted by atomic mass is 10.1. The third kappa shape index (κ3) is 3.81. The number of rotatable bonds is 6. The largest absolute Gasteiger partial charge is 0.461 e. The Labute approximate surface area is 168 Å². The fraction of sp³-hybridized carbons (Fsp3) is 0.0500. The van der Waals surface area contributed by atoms with Gasteiger partial charge < -0.3 is 10.2 Å². The van der Waals surface area contributed by atoms with E-state index in [0.29, 0.717) is 22.2 Å². The van der Waals surface area contributed by atoms with Crippen molar-refractivity contribution in [2.24, 2.45) is 5.73 Å². The molecule has 144 valence electrons. The van der Waals surface area contributed by atoms with Gasteiger partial charge in [0.1, 0.15) is 5.03 Å². The van der Waals surface area contributed by atoms with Gasteiger partial charge in [-0.25, -0.2) is 9.97 Å². The number of thioether (sulfide) groups is 1. The van der Waals surface area contributed by atoms with Crippen molar-refractivity contribution in [2.45, 2.75) is 10.8 Å². The number of primary amides is 1. The van der Waals surface area contributed by atoms with Gasteiger partial charge >= 0.3 is 0 Å². The number of hydrogen-bond acceptors (Lipinski definition) is 7. The number of hydrogen-bond donors (Lipinski definition) is 1. The minimum Gasteiger partial charge on any atom is -0.461 e. The minimum absolute atomic E-state index is 0.0954. The number of fused-ring (bicyclic) bond motifs is 1. The summed E-state index contributed by atoms with van der Waals surface area (Å²) in [6, 6.07) is 15.3. The van der Waals surface area contributed by atoms with E-state index in [1.165, 1.54) is 23.9 Å². The highest BCUT2D eigenvalue weighted by atomic mass is 32.2. The van der Waals surface area contributed by atoms with E-state index < -0.39 is 10.8 Å². The number of nitro benzene ring substituents is 1. The van der Waals surface area contributed by atoms with E-state index in [0.717, 1.165) is 10.9 Å². The molecule has 0 saturated heterocycles. The molecule has 0 aliphatic heterocycles. The second-order valence-corrected chi connectivity index (χ2v) is 7.06. The average Bonchev–Trinajstić information content (AvgIpc) is 3.26. The number of nitrogens with zero attached hydrogens (tertiary/aromatic N) is 3. The number of carbonyl (C=O) groups is 1. The third-order valence-electron chi connectivity index (χ3n) is 4.24. The first kappa shape index (κ1) is 18.6. The second-order valence-electron chi connectivity index (χ2n) is 6.10. The van der Waals surface area contributed by atoms with Crippen LogP contribution in [-0.4, -0.2) is 20.8 Å². The molecule has 0 atom stereocenters. The first-order valence-corrected chi connectivity index (χ1v) is 9.52. The molecule has 0 fully saturated rings. The average molecular weight is 406 g/mol. The Hall–Kier alpha value is -3.72. The Balaban J connectivity index is 1.72. The van der Waals surface area contributed by atoms with Crippen LogP contribution in [0, 0.1) is 10.1 Å². The summed E-state index contributed by atoms with van der Waals surface area (Å²) < 4.78 is 5.41. The normalized spacial score (nSPS) is 10.9. The lowest BCUT2D eigenvalue weighted by molar-refractivity contribution is -0.385. The summed E-state index contributed by atoms with van der Waals surface area (Å²) in [6.07, 6.45) is 1.55. The van der Waals surface area contributed by atoms with Gasteiger partial charge in [0.15, 0.2) is 11.6 Å². The summed E-state index contributed by atoms with van der Waals surface area (Å²) in [7, 11) is 0. The van der Waals surface area contributed by atoms with Crippen molar-refractivity contribution in [1.29, 1.82) is 0 Å². The van der Waals surface area contributed by atoms with E-state index in [2.05, 4.69) is 9.97 Å². The Morgan fingerprint density at radius 1 is 1.14 bits per heavy atom. The standard InChI is InChI=1S/C20H14N4O4S/c21-18(25)12-7-8-13(16(10-12)24(26)27)11-29-20-14-4-1-2-5-15(14)22-19(23-20)17-6-3-9-28-17/h1-10H,11H2,(H2,21,25). The van der Waals surface area contributed by atoms with Crippen LogP contribution in [0.2, 0.25) is 0 Å². The molecule has 0 spiro atoms. The van der Waals surface area contributed by atoms with Crippen molar-refractivity contribution in [1.82, 2.24) is 9.97 Å². The monoisotopic (exact) mass is 406 g/mol. The van der Waals surface area contributed by atoms with Crippen molar-refractivity contribution in [2.75, 3.05) is 0 Å². The number of para-hydroxylation sites is 1. The predicted molar refractivity (Wildman–Crippen MR) is 108 cm³/mol. The molecule has 1 amide bonds. The van der Waals surface area contributed by atoms with E-state index in [4.69, 9.17) is 10.2 Å². The van der Waals surface area contributed by atoms with Crippen LogP contribution in [0.15, 0.2) is 70.3 Å². The molecule has 0 unspecified atom stereocenters. The van der Waals surface area contributed by atoms with Crippen LogP contribution in [-0.2, 0) is 5.75 Å². The van der Waals surface area contributed by atoms with Crippen LogP contribution >= 0.6 is 11.8 Å². The number of furan rings is 1. The van der Waals surface area contributed by atoms with Crippen molar-refractivity contribution < 1.29 is 14.1 Å². The summed E-state index contributed by atoms with van der Waals surface area (Å²) >= 11 is 1.35. The summed E-state index contributed by atoms with van der Waals surface area (Å²) in [5.74, 6) is 0.551. The van der Waals surface area contributed by atoms with Crippen LogP contribution in [0.25, 0.3) is 22.5 Å². The summed E-state index contributed by atoms with van der Waals surface area (Å²) in [5, 5.41) is 12.9. The topological polar surface area (TPSA) is 125 Å². The maximum absolute atomic E-state index is 11.4. The van der Waals surface area contributed by atoms with Gasteiger partial charge in [-0.2, -0.15) is 0 Å². The van der Waals surface area contributed by atoms with Gasteiger partial charge in [-0.15, -0.1) is 11.8 Å². The van der Waals surface area contributed by atoms with Gasteiger partial charge in [-0.3, -0.25) is 14.9 Å². The second kappa shape index (κ2) is 7.72. The van der Waals surface area contributed by atoms with Gasteiger partial charge in [-0.1, -0.05) is 24.3 Å². The lowest BCUT2D eigenvalue weighted by Gasteiger charge is -2.08. The molecule has 29 heavy (non-hydrogen) atoms. The Kier molecular flexibility index (Phi) is 4.96. The summed E-state index contributed by atoms with van der Waals surface area (Å²) in [6.45, 7) is 0. The number of aromatic nitrogens is 2. The number of amides is 1. The van der Waals surface area contributed by atoms with Crippen molar-refractivity contribution in [3.63, 3.8) is 0 Å². The van der Waals surface area contributed by atoms with Crippen molar-refractivity contribution in [3.8, 4) is 11.6 Å². The van der Waals surface area contributed by atoms with Gasteiger partial charge in [0.05, 0.1) is 16.7 Å². The van der Waals surface area contributed by atoms with Crippen molar-refractivity contribution in [3.05, 3.63) is 82.1 Å². The van der Waals surface area contributed by atoms with E-state index in [1.807, 2.05) is 24.3 Å². The van der Waals surface area contributed by atoms with Crippen molar-refractivity contribution >= 4 is 34.3 Å². The molecule has 4 aromatic rings. The Bertz CT molecular complexity index is 1220. The first-order valence-electron chi connectivity index (χ1n) is 8.53. The number of nitrogens with two attached hydrogens (primary N) is 1. The highest BCUT2D eigenvalue weighted by molar-refractivity contribution is 7.98. The van der Waals surface area contributed by atoms with E-state index >= 15 is 0 Å². The lowest BCUT2D eigenvalue weighted by Crippen LogP contribution is -2.11. The molecule has 4 rings (SSSR count). The minimum atomic E-state index is -0.711. The molecule has 2 N–H and O–H groups in total. The fourth-order valence-electron chi connectivity index (χ4n) is 2.83. The molecule has 2 aromatic heterocycles. The van der Waals surface area contributed by atoms with Crippen LogP contribution in [0.1, 0.15) is 15.9 Å². The predicted octanol–water partition coefficient (Wildman–Crippen LogP) is 4.19. The molecule has 0 aliphatic carbocycles. The highest BCUT2D eigenvalue weighted by Gasteiger charge is 2.18.